The van der Waals surface area contributed by atoms with Gasteiger partial charge < -0.3 is 10.2 Å². The first kappa shape index (κ1) is 21.6. The summed E-state index contributed by atoms with van der Waals surface area (Å²) < 4.78 is 0. The van der Waals surface area contributed by atoms with Gasteiger partial charge in [0.1, 0.15) is 0 Å². The van der Waals surface area contributed by atoms with Crippen molar-refractivity contribution in [3.63, 3.8) is 0 Å². The molecule has 0 saturated carbocycles. The number of anilines is 1. The minimum absolute atomic E-state index is 0.00914. The molecule has 170 valence electrons. The first-order valence-corrected chi connectivity index (χ1v) is 11.8. The number of aromatic nitrogens is 1. The lowest BCUT2D eigenvalue weighted by Crippen LogP contribution is -2.50. The van der Waals surface area contributed by atoms with Gasteiger partial charge in [-0.25, -0.2) is 0 Å². The van der Waals surface area contributed by atoms with E-state index in [1.807, 2.05) is 61.2 Å². The molecule has 33 heavy (non-hydrogen) atoms. The summed E-state index contributed by atoms with van der Waals surface area (Å²) in [6, 6.07) is 14.0. The number of para-hydroxylation sites is 2. The van der Waals surface area contributed by atoms with Gasteiger partial charge in [0.15, 0.2) is 0 Å². The van der Waals surface area contributed by atoms with Crippen LogP contribution in [0.1, 0.15) is 39.2 Å². The highest BCUT2D eigenvalue weighted by Gasteiger charge is 2.29. The van der Waals surface area contributed by atoms with Crippen molar-refractivity contribution in [2.75, 3.05) is 38.0 Å². The minimum atomic E-state index is -0.00914. The van der Waals surface area contributed by atoms with Gasteiger partial charge in [0.2, 0.25) is 5.91 Å². The summed E-state index contributed by atoms with van der Waals surface area (Å²) in [5.74, 6) is 0.0940. The number of carbonyl (C=O) groups is 2. The van der Waals surface area contributed by atoms with Gasteiger partial charge in [-0.15, -0.1) is 0 Å². The van der Waals surface area contributed by atoms with Crippen LogP contribution in [0.15, 0.2) is 42.5 Å². The van der Waals surface area contributed by atoms with Gasteiger partial charge in [-0.05, 0) is 55.9 Å². The van der Waals surface area contributed by atoms with E-state index in [9.17, 15) is 9.59 Å². The molecule has 5 rings (SSSR count). The highest BCUT2D eigenvalue weighted by molar-refractivity contribution is 6.08. The van der Waals surface area contributed by atoms with E-state index in [0.29, 0.717) is 32.7 Å². The van der Waals surface area contributed by atoms with Gasteiger partial charge in [-0.3, -0.25) is 19.5 Å². The third-order valence-electron chi connectivity index (χ3n) is 6.91. The van der Waals surface area contributed by atoms with Crippen LogP contribution in [0.25, 0.3) is 10.9 Å². The zero-order valence-corrected chi connectivity index (χ0v) is 19.4. The lowest BCUT2D eigenvalue weighted by molar-refractivity contribution is -0.117. The zero-order valence-electron chi connectivity index (χ0n) is 19.4. The Balaban J connectivity index is 1.26. The Kier molecular flexibility index (Phi) is 5.85. The van der Waals surface area contributed by atoms with Crippen LogP contribution in [0.4, 0.5) is 5.69 Å². The standard InChI is InChI=1S/C27H30N4O2/c1-18-7-5-8-19(2)26(18)29-24(32)17-30-13-15-31(16-14-30)27(33)25-20-9-3-4-11-22(20)28-23-12-6-10-21(23)25/h3-5,7-9,11H,6,10,12-17H2,1-2H3,(H,29,32). The highest BCUT2D eigenvalue weighted by Crippen LogP contribution is 2.31. The molecule has 1 aliphatic carbocycles. The molecule has 1 aromatic heterocycles. The first-order valence-electron chi connectivity index (χ1n) is 11.8. The Morgan fingerprint density at radius 3 is 2.42 bits per heavy atom. The van der Waals surface area contributed by atoms with Crippen LogP contribution in [0, 0.1) is 13.8 Å². The number of nitrogens with zero attached hydrogens (tertiary/aromatic N) is 3. The number of hydrogen-bond acceptors (Lipinski definition) is 4. The van der Waals surface area contributed by atoms with Crippen molar-refractivity contribution < 1.29 is 9.59 Å². The van der Waals surface area contributed by atoms with Crippen molar-refractivity contribution in [2.24, 2.45) is 0 Å². The Morgan fingerprint density at radius 1 is 0.939 bits per heavy atom. The number of pyridine rings is 1. The average molecular weight is 443 g/mol. The van der Waals surface area contributed by atoms with E-state index in [1.54, 1.807) is 0 Å². The predicted molar refractivity (Wildman–Crippen MR) is 131 cm³/mol. The largest absolute Gasteiger partial charge is 0.336 e. The SMILES string of the molecule is Cc1cccc(C)c1NC(=O)CN1CCN(C(=O)c2c3c(nc4ccccc24)CCC3)CC1. The van der Waals surface area contributed by atoms with Gasteiger partial charge >= 0.3 is 0 Å². The second-order valence-electron chi connectivity index (χ2n) is 9.17. The maximum absolute atomic E-state index is 13.6. The van der Waals surface area contributed by atoms with E-state index in [1.165, 1.54) is 0 Å². The first-order chi connectivity index (χ1) is 16.0. The quantitative estimate of drug-likeness (QED) is 0.669. The van der Waals surface area contributed by atoms with Crippen molar-refractivity contribution in [3.8, 4) is 0 Å². The summed E-state index contributed by atoms with van der Waals surface area (Å²) in [5, 5.41) is 4.02. The summed E-state index contributed by atoms with van der Waals surface area (Å²) in [6.45, 7) is 6.98. The van der Waals surface area contributed by atoms with Crippen LogP contribution >= 0.6 is 0 Å². The predicted octanol–water partition coefficient (Wildman–Crippen LogP) is 3.74. The fraction of sp³-hybridized carbons (Fsp3) is 0.370. The van der Waals surface area contributed by atoms with Crippen LogP contribution < -0.4 is 5.32 Å². The average Bonchev–Trinajstić information content (AvgIpc) is 3.28. The number of amides is 2. The number of carbonyl (C=O) groups excluding carboxylic acids is 2. The van der Waals surface area contributed by atoms with E-state index >= 15 is 0 Å². The van der Waals surface area contributed by atoms with Crippen molar-refractivity contribution in [1.29, 1.82) is 0 Å². The Bertz CT molecular complexity index is 1210. The highest BCUT2D eigenvalue weighted by atomic mass is 16.2. The molecule has 0 bridgehead atoms. The normalized spacial score (nSPS) is 16.1. The third-order valence-corrected chi connectivity index (χ3v) is 6.91. The maximum atomic E-state index is 13.6. The summed E-state index contributed by atoms with van der Waals surface area (Å²) >= 11 is 0. The Labute approximate surface area is 194 Å². The van der Waals surface area contributed by atoms with Crippen molar-refractivity contribution in [2.45, 2.75) is 33.1 Å². The number of piperazine rings is 1. The maximum Gasteiger partial charge on any atom is 0.254 e. The molecule has 2 aliphatic rings. The van der Waals surface area contributed by atoms with E-state index in [2.05, 4.69) is 10.2 Å². The molecule has 2 amide bonds. The molecule has 1 aliphatic heterocycles. The summed E-state index contributed by atoms with van der Waals surface area (Å²) in [4.78, 5) is 35.2. The van der Waals surface area contributed by atoms with Gasteiger partial charge in [0.25, 0.3) is 5.91 Å². The zero-order chi connectivity index (χ0) is 22.9. The van der Waals surface area contributed by atoms with Crippen molar-refractivity contribution >= 4 is 28.4 Å². The molecule has 2 heterocycles. The van der Waals surface area contributed by atoms with E-state index in [0.717, 1.165) is 63.8 Å². The number of benzene rings is 2. The third kappa shape index (κ3) is 4.23. The molecular formula is C27H30N4O2. The fourth-order valence-corrected chi connectivity index (χ4v) is 5.12. The molecule has 0 atom stereocenters. The van der Waals surface area contributed by atoms with Gasteiger partial charge in [-0.1, -0.05) is 36.4 Å². The Hall–Kier alpha value is -3.25. The molecule has 0 radical (unpaired) electrons. The molecule has 0 unspecified atom stereocenters. The molecule has 0 spiro atoms. The number of aryl methyl sites for hydroxylation is 3. The number of rotatable bonds is 4. The topological polar surface area (TPSA) is 65.5 Å². The number of fused-ring (bicyclic) bond motifs is 2. The van der Waals surface area contributed by atoms with E-state index in [-0.39, 0.29) is 11.8 Å². The van der Waals surface area contributed by atoms with E-state index < -0.39 is 0 Å². The second-order valence-corrected chi connectivity index (χ2v) is 9.17. The molecule has 6 heteroatoms. The van der Waals surface area contributed by atoms with E-state index in [4.69, 9.17) is 4.98 Å². The molecular weight excluding hydrogens is 412 g/mol. The van der Waals surface area contributed by atoms with Crippen molar-refractivity contribution in [3.05, 3.63) is 70.4 Å². The lowest BCUT2D eigenvalue weighted by atomic mass is 9.99. The van der Waals surface area contributed by atoms with Gasteiger partial charge in [-0.2, -0.15) is 0 Å². The van der Waals surface area contributed by atoms with Crippen LogP contribution in [0.5, 0.6) is 0 Å². The molecule has 1 N–H and O–H groups in total. The summed E-state index contributed by atoms with van der Waals surface area (Å²) in [5.41, 5.74) is 6.99. The molecule has 1 saturated heterocycles. The fourth-order valence-electron chi connectivity index (χ4n) is 5.12. The number of hydrogen-bond donors (Lipinski definition) is 1. The molecule has 3 aromatic rings. The minimum Gasteiger partial charge on any atom is -0.336 e. The van der Waals surface area contributed by atoms with Crippen LogP contribution in [-0.2, 0) is 17.6 Å². The lowest BCUT2D eigenvalue weighted by Gasteiger charge is -2.35. The van der Waals surface area contributed by atoms with Crippen LogP contribution in [0.2, 0.25) is 0 Å². The Morgan fingerprint density at radius 2 is 1.67 bits per heavy atom. The van der Waals surface area contributed by atoms with Crippen LogP contribution in [0.3, 0.4) is 0 Å². The van der Waals surface area contributed by atoms with Crippen LogP contribution in [-0.4, -0.2) is 59.3 Å². The second kappa shape index (κ2) is 8.94. The summed E-state index contributed by atoms with van der Waals surface area (Å²) in [7, 11) is 0. The smallest absolute Gasteiger partial charge is 0.254 e. The monoisotopic (exact) mass is 442 g/mol. The van der Waals surface area contributed by atoms with Crippen molar-refractivity contribution in [1.82, 2.24) is 14.8 Å². The molecule has 2 aromatic carbocycles. The molecule has 1 fully saturated rings. The molecule has 6 nitrogen and oxygen atoms in total. The summed E-state index contributed by atoms with van der Waals surface area (Å²) in [6.07, 6.45) is 2.93. The number of nitrogens with one attached hydrogen (secondary N) is 1. The van der Waals surface area contributed by atoms with Gasteiger partial charge in [0.05, 0.1) is 17.6 Å². The van der Waals surface area contributed by atoms with Gasteiger partial charge in [0, 0.05) is 42.9 Å².